The zero-order valence-electron chi connectivity index (χ0n) is 11.1. The molecular weight excluding hydrogens is 264 g/mol. The molecule has 0 aromatic carbocycles. The lowest BCUT2D eigenvalue weighted by molar-refractivity contribution is 0.0503. The van der Waals surface area contributed by atoms with Crippen molar-refractivity contribution in [1.29, 1.82) is 0 Å². The Labute approximate surface area is 118 Å². The first-order valence-corrected chi connectivity index (χ1v) is 7.11. The van der Waals surface area contributed by atoms with Crippen LogP contribution in [0, 0.1) is 0 Å². The summed E-state index contributed by atoms with van der Waals surface area (Å²) >= 11 is 5.95. The van der Waals surface area contributed by atoms with Gasteiger partial charge in [-0.25, -0.2) is 4.98 Å². The first-order valence-electron chi connectivity index (χ1n) is 6.74. The first kappa shape index (κ1) is 14.3. The van der Waals surface area contributed by atoms with E-state index in [0.29, 0.717) is 17.3 Å². The molecule has 0 bridgehead atoms. The van der Waals surface area contributed by atoms with E-state index in [0.717, 1.165) is 31.4 Å². The van der Waals surface area contributed by atoms with Gasteiger partial charge >= 0.3 is 0 Å². The number of carbonyl (C=O) groups excluding carboxylic acids is 1. The van der Waals surface area contributed by atoms with Crippen LogP contribution in [0.2, 0.25) is 5.15 Å². The Bertz CT molecular complexity index is 465. The molecule has 1 aliphatic rings. The molecule has 5 heteroatoms. The van der Waals surface area contributed by atoms with Crippen LogP contribution in [-0.4, -0.2) is 40.1 Å². The fourth-order valence-corrected chi connectivity index (χ4v) is 2.71. The highest BCUT2D eigenvalue weighted by Crippen LogP contribution is 2.21. The number of pyridine rings is 1. The highest BCUT2D eigenvalue weighted by Gasteiger charge is 2.27. The van der Waals surface area contributed by atoms with Crippen LogP contribution in [0.5, 0.6) is 0 Å². The van der Waals surface area contributed by atoms with E-state index in [-0.39, 0.29) is 18.6 Å². The van der Waals surface area contributed by atoms with Crippen LogP contribution in [0.25, 0.3) is 0 Å². The van der Waals surface area contributed by atoms with E-state index in [9.17, 15) is 9.90 Å². The summed E-state index contributed by atoms with van der Waals surface area (Å²) in [6.45, 7) is 2.70. The summed E-state index contributed by atoms with van der Waals surface area (Å²) in [6.07, 6.45) is 3.65. The second-order valence-electron chi connectivity index (χ2n) is 4.85. The lowest BCUT2D eigenvalue weighted by Gasteiger charge is -2.34. The highest BCUT2D eigenvalue weighted by molar-refractivity contribution is 6.29. The maximum Gasteiger partial charge on any atom is 0.254 e. The number of aromatic nitrogens is 1. The number of halogens is 1. The number of aliphatic hydroxyl groups is 1. The molecule has 4 nitrogen and oxygen atoms in total. The molecule has 1 aromatic heterocycles. The Morgan fingerprint density at radius 1 is 1.53 bits per heavy atom. The molecule has 1 fully saturated rings. The molecule has 2 heterocycles. The van der Waals surface area contributed by atoms with E-state index in [1.807, 2.05) is 6.92 Å². The first-order chi connectivity index (χ1) is 9.15. The van der Waals surface area contributed by atoms with Gasteiger partial charge in [-0.05, 0) is 37.8 Å². The zero-order chi connectivity index (χ0) is 13.8. The Balaban J connectivity index is 2.24. The Kier molecular flexibility index (Phi) is 4.77. The van der Waals surface area contributed by atoms with Crippen molar-refractivity contribution < 1.29 is 9.90 Å². The predicted octanol–water partition coefficient (Wildman–Crippen LogP) is 2.28. The summed E-state index contributed by atoms with van der Waals surface area (Å²) in [4.78, 5) is 18.4. The minimum atomic E-state index is -0.0710. The zero-order valence-corrected chi connectivity index (χ0v) is 11.9. The average molecular weight is 283 g/mol. The van der Waals surface area contributed by atoms with E-state index in [2.05, 4.69) is 4.98 Å². The smallest absolute Gasteiger partial charge is 0.254 e. The largest absolute Gasteiger partial charge is 0.394 e. The van der Waals surface area contributed by atoms with Gasteiger partial charge in [0.25, 0.3) is 5.91 Å². The quantitative estimate of drug-likeness (QED) is 0.866. The number of piperidine rings is 1. The van der Waals surface area contributed by atoms with E-state index in [1.165, 1.54) is 0 Å². The predicted molar refractivity (Wildman–Crippen MR) is 74.4 cm³/mol. The van der Waals surface area contributed by atoms with Crippen molar-refractivity contribution in [2.24, 2.45) is 0 Å². The second-order valence-corrected chi connectivity index (χ2v) is 5.24. The Morgan fingerprint density at radius 3 is 3.00 bits per heavy atom. The van der Waals surface area contributed by atoms with Crippen molar-refractivity contribution in [3.63, 3.8) is 0 Å². The fraction of sp³-hybridized carbons (Fsp3) is 0.571. The molecule has 1 amide bonds. The van der Waals surface area contributed by atoms with E-state index in [1.54, 1.807) is 17.0 Å². The molecule has 2 rings (SSSR count). The molecule has 1 N–H and O–H groups in total. The Morgan fingerprint density at radius 2 is 2.32 bits per heavy atom. The third-order valence-corrected chi connectivity index (χ3v) is 3.75. The van der Waals surface area contributed by atoms with Crippen molar-refractivity contribution in [3.8, 4) is 0 Å². The molecule has 0 aliphatic carbocycles. The number of amides is 1. The number of aryl methyl sites for hydroxylation is 1. The molecule has 0 radical (unpaired) electrons. The van der Waals surface area contributed by atoms with Gasteiger partial charge in [0, 0.05) is 17.8 Å². The number of carbonyl (C=O) groups is 1. The van der Waals surface area contributed by atoms with Gasteiger partial charge in [-0.2, -0.15) is 0 Å². The van der Waals surface area contributed by atoms with Crippen molar-refractivity contribution in [1.82, 2.24) is 9.88 Å². The molecule has 1 saturated heterocycles. The van der Waals surface area contributed by atoms with E-state index < -0.39 is 0 Å². The molecule has 0 spiro atoms. The van der Waals surface area contributed by atoms with Gasteiger partial charge in [0.05, 0.1) is 12.6 Å². The minimum Gasteiger partial charge on any atom is -0.394 e. The standard InChI is InChI=1S/C14H19ClN2O2/c1-2-11-7-10(8-13(15)16-11)14(19)17-6-4-3-5-12(17)9-18/h7-8,12,18H,2-6,9H2,1H3. The number of aliphatic hydroxyl groups excluding tert-OH is 1. The second kappa shape index (κ2) is 6.35. The van der Waals surface area contributed by atoms with Crippen LogP contribution < -0.4 is 0 Å². The number of hydrogen-bond acceptors (Lipinski definition) is 3. The maximum atomic E-state index is 12.5. The third kappa shape index (κ3) is 3.25. The van der Waals surface area contributed by atoms with Gasteiger partial charge < -0.3 is 10.0 Å². The van der Waals surface area contributed by atoms with Crippen molar-refractivity contribution in [2.45, 2.75) is 38.6 Å². The Hall–Kier alpha value is -1.13. The summed E-state index contributed by atoms with van der Waals surface area (Å²) < 4.78 is 0. The fourth-order valence-electron chi connectivity index (χ4n) is 2.48. The van der Waals surface area contributed by atoms with Crippen LogP contribution >= 0.6 is 11.6 Å². The van der Waals surface area contributed by atoms with Crippen molar-refractivity contribution in [2.75, 3.05) is 13.2 Å². The van der Waals surface area contributed by atoms with E-state index in [4.69, 9.17) is 11.6 Å². The molecule has 19 heavy (non-hydrogen) atoms. The van der Waals surface area contributed by atoms with Crippen LogP contribution in [-0.2, 0) is 6.42 Å². The van der Waals surface area contributed by atoms with Gasteiger partial charge in [-0.15, -0.1) is 0 Å². The van der Waals surface area contributed by atoms with Crippen LogP contribution in [0.4, 0.5) is 0 Å². The molecule has 1 atom stereocenters. The summed E-state index contributed by atoms with van der Waals surface area (Å²) in [5, 5.41) is 9.73. The number of likely N-dealkylation sites (tertiary alicyclic amines) is 1. The molecule has 0 saturated carbocycles. The van der Waals surface area contributed by atoms with Crippen LogP contribution in [0.15, 0.2) is 12.1 Å². The summed E-state index contributed by atoms with van der Waals surface area (Å²) in [6, 6.07) is 3.32. The summed E-state index contributed by atoms with van der Waals surface area (Å²) in [7, 11) is 0. The van der Waals surface area contributed by atoms with Gasteiger partial charge in [-0.3, -0.25) is 4.79 Å². The van der Waals surface area contributed by atoms with Crippen LogP contribution in [0.1, 0.15) is 42.2 Å². The molecule has 1 aliphatic heterocycles. The van der Waals surface area contributed by atoms with Crippen LogP contribution in [0.3, 0.4) is 0 Å². The van der Waals surface area contributed by atoms with Gasteiger partial charge in [-0.1, -0.05) is 18.5 Å². The van der Waals surface area contributed by atoms with E-state index >= 15 is 0 Å². The lowest BCUT2D eigenvalue weighted by atomic mass is 10.0. The number of nitrogens with zero attached hydrogens (tertiary/aromatic N) is 2. The van der Waals surface area contributed by atoms with Crippen molar-refractivity contribution in [3.05, 3.63) is 28.5 Å². The SMILES string of the molecule is CCc1cc(C(=O)N2CCCCC2CO)cc(Cl)n1. The topological polar surface area (TPSA) is 53.4 Å². The number of hydrogen-bond donors (Lipinski definition) is 1. The van der Waals surface area contributed by atoms with Gasteiger partial charge in [0.1, 0.15) is 5.15 Å². The molecular formula is C14H19ClN2O2. The minimum absolute atomic E-state index is 0.0190. The lowest BCUT2D eigenvalue weighted by Crippen LogP contribution is -2.45. The molecule has 1 unspecified atom stereocenters. The van der Waals surface area contributed by atoms with Gasteiger partial charge in [0.15, 0.2) is 0 Å². The maximum absolute atomic E-state index is 12.5. The normalized spacial score (nSPS) is 19.5. The highest BCUT2D eigenvalue weighted by atomic mass is 35.5. The third-order valence-electron chi connectivity index (χ3n) is 3.56. The number of rotatable bonds is 3. The van der Waals surface area contributed by atoms with Crippen molar-refractivity contribution >= 4 is 17.5 Å². The molecule has 104 valence electrons. The summed E-state index contributed by atoms with van der Waals surface area (Å²) in [5.74, 6) is -0.0576. The molecule has 1 aromatic rings. The average Bonchev–Trinajstić information content (AvgIpc) is 2.45. The van der Waals surface area contributed by atoms with Gasteiger partial charge in [0.2, 0.25) is 0 Å². The monoisotopic (exact) mass is 282 g/mol. The summed E-state index contributed by atoms with van der Waals surface area (Å²) in [5.41, 5.74) is 1.38.